The van der Waals surface area contributed by atoms with Crippen LogP contribution in [-0.2, 0) is 4.74 Å². The van der Waals surface area contributed by atoms with Gasteiger partial charge in [0.2, 0.25) is 0 Å². The normalized spacial score (nSPS) is 18.2. The van der Waals surface area contributed by atoms with Gasteiger partial charge in [0.15, 0.2) is 0 Å². The highest BCUT2D eigenvalue weighted by Gasteiger charge is 2.14. The lowest BCUT2D eigenvalue weighted by atomic mass is 9.99. The largest absolute Gasteiger partial charge is 0.492 e. The van der Waals surface area contributed by atoms with Crippen molar-refractivity contribution in [1.29, 1.82) is 0 Å². The molecule has 1 aliphatic rings. The van der Waals surface area contributed by atoms with E-state index in [4.69, 9.17) is 15.2 Å². The van der Waals surface area contributed by atoms with Crippen molar-refractivity contribution >= 4 is 5.91 Å². The van der Waals surface area contributed by atoms with Crippen LogP contribution >= 0.6 is 0 Å². The number of benzene rings is 1. The van der Waals surface area contributed by atoms with Gasteiger partial charge in [0.1, 0.15) is 12.4 Å². The maximum Gasteiger partial charge on any atom is 0.251 e. The Labute approximate surface area is 125 Å². The maximum absolute atomic E-state index is 12.1. The second-order valence-corrected chi connectivity index (χ2v) is 5.29. The molecule has 3 N–H and O–H groups in total. The number of nitrogens with one attached hydrogen (secondary N) is 1. The summed E-state index contributed by atoms with van der Waals surface area (Å²) >= 11 is 0. The third-order valence-electron chi connectivity index (χ3n) is 3.58. The van der Waals surface area contributed by atoms with Crippen molar-refractivity contribution in [3.8, 4) is 5.75 Å². The molecule has 0 radical (unpaired) electrons. The van der Waals surface area contributed by atoms with Gasteiger partial charge in [-0.05, 0) is 43.4 Å². The Hall–Kier alpha value is -1.59. The fourth-order valence-corrected chi connectivity index (χ4v) is 2.43. The zero-order valence-corrected chi connectivity index (χ0v) is 12.3. The van der Waals surface area contributed by atoms with Gasteiger partial charge in [-0.25, -0.2) is 0 Å². The number of rotatable bonds is 7. The van der Waals surface area contributed by atoms with E-state index in [0.717, 1.165) is 26.1 Å². The topological polar surface area (TPSA) is 73.6 Å². The SMILES string of the molecule is NCCOc1cccc(C(=O)NCC[C@@H]2CCCOC2)c1. The van der Waals surface area contributed by atoms with Gasteiger partial charge in [0.25, 0.3) is 5.91 Å². The first-order valence-electron chi connectivity index (χ1n) is 7.58. The van der Waals surface area contributed by atoms with Crippen molar-refractivity contribution in [2.75, 3.05) is 32.9 Å². The van der Waals surface area contributed by atoms with E-state index in [1.165, 1.54) is 6.42 Å². The van der Waals surface area contributed by atoms with Crippen molar-refractivity contribution in [2.24, 2.45) is 11.7 Å². The lowest BCUT2D eigenvalue weighted by Crippen LogP contribution is -2.28. The van der Waals surface area contributed by atoms with Crippen LogP contribution in [0.1, 0.15) is 29.6 Å². The summed E-state index contributed by atoms with van der Waals surface area (Å²) in [6, 6.07) is 7.17. The summed E-state index contributed by atoms with van der Waals surface area (Å²) in [6.45, 7) is 3.28. The van der Waals surface area contributed by atoms with Crippen molar-refractivity contribution < 1.29 is 14.3 Å². The molecule has 21 heavy (non-hydrogen) atoms. The number of hydrogen-bond donors (Lipinski definition) is 2. The molecule has 1 aliphatic heterocycles. The van der Waals surface area contributed by atoms with Crippen molar-refractivity contribution in [2.45, 2.75) is 19.3 Å². The average molecular weight is 292 g/mol. The van der Waals surface area contributed by atoms with Crippen LogP contribution in [0, 0.1) is 5.92 Å². The first kappa shape index (κ1) is 15.8. The molecule has 1 saturated heterocycles. The van der Waals surface area contributed by atoms with E-state index < -0.39 is 0 Å². The lowest BCUT2D eigenvalue weighted by Gasteiger charge is -2.21. The summed E-state index contributed by atoms with van der Waals surface area (Å²) < 4.78 is 10.9. The van der Waals surface area contributed by atoms with Crippen LogP contribution in [0.5, 0.6) is 5.75 Å². The molecule has 0 unspecified atom stereocenters. The van der Waals surface area contributed by atoms with Gasteiger partial charge in [-0.3, -0.25) is 4.79 Å². The summed E-state index contributed by atoms with van der Waals surface area (Å²) in [4.78, 5) is 12.1. The number of carbonyl (C=O) groups excluding carboxylic acids is 1. The van der Waals surface area contributed by atoms with E-state index in [1.807, 2.05) is 12.1 Å². The fourth-order valence-electron chi connectivity index (χ4n) is 2.43. The predicted octanol–water partition coefficient (Wildman–Crippen LogP) is 1.57. The Bertz CT molecular complexity index is 445. The molecule has 1 atom stereocenters. The van der Waals surface area contributed by atoms with Crippen LogP contribution in [0.25, 0.3) is 0 Å². The van der Waals surface area contributed by atoms with Gasteiger partial charge >= 0.3 is 0 Å². The lowest BCUT2D eigenvalue weighted by molar-refractivity contribution is 0.0514. The Morgan fingerprint density at radius 1 is 1.48 bits per heavy atom. The van der Waals surface area contributed by atoms with E-state index >= 15 is 0 Å². The van der Waals surface area contributed by atoms with Crippen molar-refractivity contribution in [3.05, 3.63) is 29.8 Å². The molecule has 1 aromatic rings. The number of carbonyl (C=O) groups is 1. The molecule has 2 rings (SSSR count). The summed E-state index contributed by atoms with van der Waals surface area (Å²) in [7, 11) is 0. The second-order valence-electron chi connectivity index (χ2n) is 5.29. The van der Waals surface area contributed by atoms with Crippen LogP contribution in [0.3, 0.4) is 0 Å². The molecule has 0 bridgehead atoms. The van der Waals surface area contributed by atoms with Gasteiger partial charge in [-0.2, -0.15) is 0 Å². The molecule has 0 spiro atoms. The van der Waals surface area contributed by atoms with E-state index in [0.29, 0.717) is 36.9 Å². The molecule has 0 aromatic heterocycles. The zero-order chi connectivity index (χ0) is 14.9. The van der Waals surface area contributed by atoms with Gasteiger partial charge in [-0.15, -0.1) is 0 Å². The summed E-state index contributed by atoms with van der Waals surface area (Å²) in [5.41, 5.74) is 6.01. The molecule has 1 aromatic carbocycles. The maximum atomic E-state index is 12.1. The van der Waals surface area contributed by atoms with Crippen LogP contribution in [0.2, 0.25) is 0 Å². The van der Waals surface area contributed by atoms with Crippen LogP contribution < -0.4 is 15.8 Å². The molecule has 1 amide bonds. The zero-order valence-electron chi connectivity index (χ0n) is 12.3. The number of nitrogens with two attached hydrogens (primary N) is 1. The molecule has 1 fully saturated rings. The Morgan fingerprint density at radius 3 is 3.14 bits per heavy atom. The van der Waals surface area contributed by atoms with Gasteiger partial charge in [0.05, 0.1) is 0 Å². The van der Waals surface area contributed by atoms with Gasteiger partial charge in [0, 0.05) is 31.9 Å². The summed E-state index contributed by atoms with van der Waals surface area (Å²) in [5.74, 6) is 1.18. The molecule has 0 saturated carbocycles. The molecular weight excluding hydrogens is 268 g/mol. The van der Waals surface area contributed by atoms with Gasteiger partial charge in [-0.1, -0.05) is 6.07 Å². The quantitative estimate of drug-likeness (QED) is 0.800. The Kier molecular flexibility index (Phi) is 6.50. The van der Waals surface area contributed by atoms with Crippen LogP contribution in [0.4, 0.5) is 0 Å². The van der Waals surface area contributed by atoms with Crippen molar-refractivity contribution in [1.82, 2.24) is 5.32 Å². The van der Waals surface area contributed by atoms with E-state index in [-0.39, 0.29) is 5.91 Å². The monoisotopic (exact) mass is 292 g/mol. The number of amides is 1. The van der Waals surface area contributed by atoms with Crippen molar-refractivity contribution in [3.63, 3.8) is 0 Å². The van der Waals surface area contributed by atoms with E-state index in [9.17, 15) is 4.79 Å². The first-order valence-corrected chi connectivity index (χ1v) is 7.58. The first-order chi connectivity index (χ1) is 10.3. The fraction of sp³-hybridized carbons (Fsp3) is 0.562. The van der Waals surface area contributed by atoms with E-state index in [2.05, 4.69) is 5.32 Å². The summed E-state index contributed by atoms with van der Waals surface area (Å²) in [6.07, 6.45) is 3.28. The Balaban J connectivity index is 1.76. The predicted molar refractivity (Wildman–Crippen MR) is 81.5 cm³/mol. The number of ether oxygens (including phenoxy) is 2. The Morgan fingerprint density at radius 2 is 2.38 bits per heavy atom. The second kappa shape index (κ2) is 8.64. The molecule has 5 nitrogen and oxygen atoms in total. The number of hydrogen-bond acceptors (Lipinski definition) is 4. The standard InChI is InChI=1S/C16H24N2O3/c17-7-10-21-15-5-1-4-14(11-15)16(19)18-8-6-13-3-2-9-20-12-13/h1,4-5,11,13H,2-3,6-10,12,17H2,(H,18,19)/t13-/m0/s1. The third-order valence-corrected chi connectivity index (χ3v) is 3.58. The molecular formula is C16H24N2O3. The van der Waals surface area contributed by atoms with E-state index in [1.54, 1.807) is 12.1 Å². The highest BCUT2D eigenvalue weighted by atomic mass is 16.5. The summed E-state index contributed by atoms with van der Waals surface area (Å²) in [5, 5.41) is 2.95. The molecule has 1 heterocycles. The average Bonchev–Trinajstić information content (AvgIpc) is 2.54. The smallest absolute Gasteiger partial charge is 0.251 e. The van der Waals surface area contributed by atoms with Gasteiger partial charge < -0.3 is 20.5 Å². The molecule has 0 aliphatic carbocycles. The van der Waals surface area contributed by atoms with Crippen LogP contribution in [-0.4, -0.2) is 38.8 Å². The highest BCUT2D eigenvalue weighted by Crippen LogP contribution is 2.17. The molecule has 116 valence electrons. The minimum Gasteiger partial charge on any atom is -0.492 e. The molecule has 5 heteroatoms. The van der Waals surface area contributed by atoms with Crippen LogP contribution in [0.15, 0.2) is 24.3 Å². The third kappa shape index (κ3) is 5.36. The minimum absolute atomic E-state index is 0.0649. The highest BCUT2D eigenvalue weighted by molar-refractivity contribution is 5.94. The minimum atomic E-state index is -0.0649.